The minimum absolute atomic E-state index is 0.894. The number of benzene rings is 8. The van der Waals surface area contributed by atoms with Crippen LogP contribution in [0.25, 0.3) is 94.8 Å². The van der Waals surface area contributed by atoms with Gasteiger partial charge < -0.3 is 4.57 Å². The first-order valence-corrected chi connectivity index (χ1v) is 18.6. The van der Waals surface area contributed by atoms with Gasteiger partial charge in [-0.3, -0.25) is 9.13 Å². The van der Waals surface area contributed by atoms with Crippen LogP contribution in [0.3, 0.4) is 0 Å². The number of aromatic nitrogens is 5. The van der Waals surface area contributed by atoms with Crippen molar-refractivity contribution in [1.29, 1.82) is 0 Å². The van der Waals surface area contributed by atoms with Crippen molar-refractivity contribution in [2.75, 3.05) is 0 Å². The van der Waals surface area contributed by atoms with E-state index < -0.39 is 0 Å². The molecule has 0 radical (unpaired) electrons. The van der Waals surface area contributed by atoms with Crippen molar-refractivity contribution in [2.45, 2.75) is 0 Å². The van der Waals surface area contributed by atoms with Crippen LogP contribution in [0.5, 0.6) is 0 Å². The van der Waals surface area contributed by atoms with E-state index in [1.54, 1.807) is 0 Å². The number of nitrogens with zero attached hydrogens (tertiary/aromatic N) is 5. The van der Waals surface area contributed by atoms with Gasteiger partial charge in [0, 0.05) is 27.6 Å². The van der Waals surface area contributed by atoms with Gasteiger partial charge in [0.05, 0.1) is 44.5 Å². The third kappa shape index (κ3) is 5.09. The summed E-state index contributed by atoms with van der Waals surface area (Å²) in [6, 6.07) is 70.8. The lowest BCUT2D eigenvalue weighted by Gasteiger charge is -2.17. The third-order valence-corrected chi connectivity index (χ3v) is 10.6. The van der Waals surface area contributed by atoms with Crippen LogP contribution in [-0.2, 0) is 0 Å². The number of para-hydroxylation sites is 6. The van der Waals surface area contributed by atoms with E-state index in [1.807, 2.05) is 12.1 Å². The molecule has 0 aliphatic rings. The van der Waals surface area contributed by atoms with E-state index in [2.05, 4.69) is 202 Å². The molecule has 8 aromatic carbocycles. The molecule has 0 saturated heterocycles. The highest BCUT2D eigenvalue weighted by atomic mass is 15.1. The van der Waals surface area contributed by atoms with Crippen LogP contribution in [0.4, 0.5) is 0 Å². The summed E-state index contributed by atoms with van der Waals surface area (Å²) in [5, 5.41) is 2.51. The average molecular weight is 704 g/mol. The minimum atomic E-state index is 0.894. The first kappa shape index (κ1) is 31.1. The quantitative estimate of drug-likeness (QED) is 0.173. The number of hydrogen-bond donors (Lipinski definition) is 0. The zero-order chi connectivity index (χ0) is 36.3. The van der Waals surface area contributed by atoms with Crippen molar-refractivity contribution in [2.24, 2.45) is 0 Å². The fraction of sp³-hybridized carbons (Fsp3) is 0. The van der Waals surface area contributed by atoms with Gasteiger partial charge in [0.25, 0.3) is 0 Å². The molecule has 55 heavy (non-hydrogen) atoms. The van der Waals surface area contributed by atoms with Crippen LogP contribution in [0.15, 0.2) is 200 Å². The highest BCUT2D eigenvalue weighted by molar-refractivity contribution is 6.09. The Balaban J connectivity index is 1.16. The second-order valence-electron chi connectivity index (χ2n) is 13.9. The normalized spacial score (nSPS) is 11.6. The Morgan fingerprint density at radius 1 is 0.273 bits per heavy atom. The summed E-state index contributed by atoms with van der Waals surface area (Å²) in [5.41, 5.74) is 13.8. The molecule has 5 heteroatoms. The van der Waals surface area contributed by atoms with Crippen molar-refractivity contribution in [3.63, 3.8) is 0 Å². The molecule has 3 heterocycles. The number of rotatable bonds is 6. The van der Waals surface area contributed by atoms with E-state index in [0.717, 1.165) is 73.0 Å². The van der Waals surface area contributed by atoms with Gasteiger partial charge in [-0.15, -0.1) is 0 Å². The van der Waals surface area contributed by atoms with E-state index in [4.69, 9.17) is 9.97 Å². The standard InChI is InChI=1S/C50H33N5/c1-3-15-35(16-4-1)49-51-43-21-9-13-25-47(43)54(49)39-31-37(32-40(33-39)55-48-26-14-10-22-44(48)52-50(55)36-17-5-2-6-18-36)34-27-29-38(30-28-34)53-45-23-11-7-19-41(45)42-20-8-12-24-46(42)53/h1-33H. The van der Waals surface area contributed by atoms with Gasteiger partial charge in [-0.2, -0.15) is 0 Å². The molecule has 0 N–H and O–H groups in total. The molecule has 0 aliphatic heterocycles. The van der Waals surface area contributed by atoms with Crippen molar-refractivity contribution >= 4 is 43.9 Å². The molecule has 0 unspecified atom stereocenters. The number of hydrogen-bond acceptors (Lipinski definition) is 2. The predicted octanol–water partition coefficient (Wildman–Crippen LogP) is 12.5. The average Bonchev–Trinajstić information content (AvgIpc) is 3.95. The van der Waals surface area contributed by atoms with E-state index in [-0.39, 0.29) is 0 Å². The molecule has 258 valence electrons. The second-order valence-corrected chi connectivity index (χ2v) is 13.9. The minimum Gasteiger partial charge on any atom is -0.309 e. The van der Waals surface area contributed by atoms with Crippen molar-refractivity contribution in [1.82, 2.24) is 23.7 Å². The number of fused-ring (bicyclic) bond motifs is 5. The maximum absolute atomic E-state index is 5.20. The Morgan fingerprint density at radius 2 is 0.691 bits per heavy atom. The van der Waals surface area contributed by atoms with Gasteiger partial charge in [-0.05, 0) is 77.9 Å². The molecule has 0 fully saturated rings. The summed E-state index contributed by atoms with van der Waals surface area (Å²) < 4.78 is 6.96. The predicted molar refractivity (Wildman–Crippen MR) is 226 cm³/mol. The molecule has 0 atom stereocenters. The topological polar surface area (TPSA) is 40.6 Å². The Hall–Kier alpha value is -7.50. The Kier molecular flexibility index (Phi) is 7.10. The zero-order valence-corrected chi connectivity index (χ0v) is 29.8. The molecule has 0 saturated carbocycles. The summed E-state index contributed by atoms with van der Waals surface area (Å²) in [5.74, 6) is 1.79. The molecular weight excluding hydrogens is 671 g/mol. The largest absolute Gasteiger partial charge is 0.309 e. The molecule has 0 amide bonds. The first-order chi connectivity index (χ1) is 27.3. The molecule has 0 spiro atoms. The fourth-order valence-electron chi connectivity index (χ4n) is 8.16. The lowest BCUT2D eigenvalue weighted by atomic mass is 10.0. The molecule has 5 nitrogen and oxygen atoms in total. The van der Waals surface area contributed by atoms with Gasteiger partial charge in [-0.25, -0.2) is 9.97 Å². The Labute approximate surface area is 317 Å². The molecule has 0 bridgehead atoms. The zero-order valence-electron chi connectivity index (χ0n) is 29.8. The summed E-state index contributed by atoms with van der Waals surface area (Å²) in [7, 11) is 0. The van der Waals surface area contributed by atoms with E-state index in [9.17, 15) is 0 Å². The summed E-state index contributed by atoms with van der Waals surface area (Å²) in [6.45, 7) is 0. The fourth-order valence-corrected chi connectivity index (χ4v) is 8.16. The number of imidazole rings is 2. The van der Waals surface area contributed by atoms with E-state index >= 15 is 0 Å². The van der Waals surface area contributed by atoms with Gasteiger partial charge in [0.2, 0.25) is 0 Å². The van der Waals surface area contributed by atoms with Gasteiger partial charge in [0.1, 0.15) is 11.6 Å². The Bertz CT molecular complexity index is 3000. The first-order valence-electron chi connectivity index (χ1n) is 18.6. The maximum Gasteiger partial charge on any atom is 0.145 e. The van der Waals surface area contributed by atoms with Gasteiger partial charge >= 0.3 is 0 Å². The molecule has 3 aromatic heterocycles. The Morgan fingerprint density at radius 3 is 1.18 bits per heavy atom. The summed E-state index contributed by atoms with van der Waals surface area (Å²) in [6.07, 6.45) is 0. The van der Waals surface area contributed by atoms with Crippen LogP contribution in [0.2, 0.25) is 0 Å². The van der Waals surface area contributed by atoms with Crippen molar-refractivity contribution in [3.05, 3.63) is 200 Å². The van der Waals surface area contributed by atoms with Gasteiger partial charge in [0.15, 0.2) is 0 Å². The van der Waals surface area contributed by atoms with Gasteiger partial charge in [-0.1, -0.05) is 133 Å². The van der Waals surface area contributed by atoms with E-state index in [0.29, 0.717) is 0 Å². The molecular formula is C50H33N5. The van der Waals surface area contributed by atoms with Crippen LogP contribution >= 0.6 is 0 Å². The SMILES string of the molecule is c1ccc(-c2nc3ccccc3n2-c2cc(-c3ccc(-n4c5ccccc5c5ccccc54)cc3)cc(-n3c(-c4ccccc4)nc4ccccc43)c2)cc1. The summed E-state index contributed by atoms with van der Waals surface area (Å²) >= 11 is 0. The lowest BCUT2D eigenvalue weighted by molar-refractivity contribution is 1.07. The van der Waals surface area contributed by atoms with Crippen LogP contribution in [-0.4, -0.2) is 23.7 Å². The maximum atomic E-state index is 5.20. The second kappa shape index (κ2) is 12.6. The lowest BCUT2D eigenvalue weighted by Crippen LogP contribution is -2.03. The monoisotopic (exact) mass is 703 g/mol. The van der Waals surface area contributed by atoms with Crippen LogP contribution in [0.1, 0.15) is 0 Å². The molecule has 11 rings (SSSR count). The smallest absolute Gasteiger partial charge is 0.145 e. The molecule has 0 aliphatic carbocycles. The summed E-state index contributed by atoms with van der Waals surface area (Å²) in [4.78, 5) is 10.4. The van der Waals surface area contributed by atoms with Crippen LogP contribution in [0, 0.1) is 0 Å². The highest BCUT2D eigenvalue weighted by Crippen LogP contribution is 2.37. The van der Waals surface area contributed by atoms with E-state index in [1.165, 1.54) is 21.8 Å². The van der Waals surface area contributed by atoms with Crippen molar-refractivity contribution in [3.8, 4) is 51.0 Å². The van der Waals surface area contributed by atoms with Crippen molar-refractivity contribution < 1.29 is 0 Å². The highest BCUT2D eigenvalue weighted by Gasteiger charge is 2.20. The molecule has 11 aromatic rings. The van der Waals surface area contributed by atoms with Crippen LogP contribution < -0.4 is 0 Å². The third-order valence-electron chi connectivity index (χ3n) is 10.6.